The van der Waals surface area contributed by atoms with Gasteiger partial charge in [0.1, 0.15) is 0 Å². The molecule has 1 amide bonds. The van der Waals surface area contributed by atoms with Gasteiger partial charge in [0.25, 0.3) is 0 Å². The van der Waals surface area contributed by atoms with Crippen LogP contribution in [0.2, 0.25) is 5.02 Å². The lowest BCUT2D eigenvalue weighted by molar-refractivity contribution is -0.147. The number of benzene rings is 1. The fraction of sp³-hybridized carbons (Fsp3) is 0.385. The molecule has 2 atom stereocenters. The third-order valence-corrected chi connectivity index (χ3v) is 3.86. The summed E-state index contributed by atoms with van der Waals surface area (Å²) in [4.78, 5) is 23.1. The average molecular weight is 318 g/mol. The zero-order valence-electron chi connectivity index (χ0n) is 10.9. The number of rotatable bonds is 7. The van der Waals surface area contributed by atoms with Crippen LogP contribution in [0, 0.1) is 0 Å². The molecule has 7 heteroatoms. The summed E-state index contributed by atoms with van der Waals surface area (Å²) in [5, 5.41) is 20.5. The summed E-state index contributed by atoms with van der Waals surface area (Å²) in [6, 6.07) is 7.14. The van der Waals surface area contributed by atoms with Crippen molar-refractivity contribution in [3.63, 3.8) is 0 Å². The molecule has 110 valence electrons. The number of carboxylic acid groups (broad SMARTS) is 1. The van der Waals surface area contributed by atoms with Crippen LogP contribution in [-0.2, 0) is 9.59 Å². The Morgan fingerprint density at radius 3 is 2.50 bits per heavy atom. The molecule has 0 aliphatic rings. The average Bonchev–Trinajstić information content (AvgIpc) is 2.40. The maximum Gasteiger partial charge on any atom is 0.332 e. The maximum atomic E-state index is 11.8. The molecule has 2 unspecified atom stereocenters. The summed E-state index contributed by atoms with van der Waals surface area (Å²) in [5.74, 6) is -1.50. The van der Waals surface area contributed by atoms with Gasteiger partial charge in [0.2, 0.25) is 5.91 Å². The lowest BCUT2D eigenvalue weighted by atomic mass is 10.2. The molecule has 0 radical (unpaired) electrons. The number of carbonyl (C=O) groups excluding carboxylic acids is 1. The van der Waals surface area contributed by atoms with Gasteiger partial charge in [-0.2, -0.15) is 0 Å². The summed E-state index contributed by atoms with van der Waals surface area (Å²) < 4.78 is 0. The van der Waals surface area contributed by atoms with Gasteiger partial charge in [-0.05, 0) is 31.2 Å². The smallest absolute Gasteiger partial charge is 0.332 e. The number of nitrogens with one attached hydrogen (secondary N) is 1. The van der Waals surface area contributed by atoms with E-state index in [2.05, 4.69) is 5.32 Å². The molecule has 1 aromatic carbocycles. The molecule has 1 aromatic rings. The van der Waals surface area contributed by atoms with E-state index in [1.54, 1.807) is 19.1 Å². The van der Waals surface area contributed by atoms with E-state index in [4.69, 9.17) is 21.8 Å². The molecular weight excluding hydrogens is 302 g/mol. The highest BCUT2D eigenvalue weighted by Gasteiger charge is 2.16. The largest absolute Gasteiger partial charge is 0.479 e. The van der Waals surface area contributed by atoms with E-state index in [9.17, 15) is 9.59 Å². The Kier molecular flexibility index (Phi) is 6.84. The van der Waals surface area contributed by atoms with Crippen LogP contribution in [0.15, 0.2) is 29.2 Å². The molecular formula is C13H16ClNO4S. The van der Waals surface area contributed by atoms with Crippen LogP contribution < -0.4 is 5.32 Å². The molecule has 0 aromatic heterocycles. The normalized spacial score (nSPS) is 13.6. The number of hydrogen-bond acceptors (Lipinski definition) is 4. The molecule has 5 nitrogen and oxygen atoms in total. The van der Waals surface area contributed by atoms with Gasteiger partial charge in [-0.25, -0.2) is 4.79 Å². The van der Waals surface area contributed by atoms with Crippen LogP contribution in [0.4, 0.5) is 0 Å². The molecule has 0 bridgehead atoms. The highest BCUT2D eigenvalue weighted by Crippen LogP contribution is 2.24. The summed E-state index contributed by atoms with van der Waals surface area (Å²) in [6.45, 7) is 1.88. The van der Waals surface area contributed by atoms with Crippen molar-refractivity contribution in [3.05, 3.63) is 29.3 Å². The SMILES string of the molecule is CC(Sc1ccc(Cl)cc1)C(=O)NCCC(O)C(=O)O. The van der Waals surface area contributed by atoms with E-state index < -0.39 is 12.1 Å². The van der Waals surface area contributed by atoms with Gasteiger partial charge in [0, 0.05) is 22.9 Å². The van der Waals surface area contributed by atoms with Gasteiger partial charge >= 0.3 is 5.97 Å². The van der Waals surface area contributed by atoms with E-state index in [1.165, 1.54) is 11.8 Å². The van der Waals surface area contributed by atoms with Crippen molar-refractivity contribution in [1.29, 1.82) is 0 Å². The Labute approximate surface area is 126 Å². The van der Waals surface area contributed by atoms with Crippen molar-refractivity contribution < 1.29 is 19.8 Å². The topological polar surface area (TPSA) is 86.6 Å². The molecule has 0 heterocycles. The predicted octanol–water partition coefficient (Wildman–Crippen LogP) is 1.77. The number of hydrogen-bond donors (Lipinski definition) is 3. The number of thioether (sulfide) groups is 1. The Morgan fingerprint density at radius 1 is 1.35 bits per heavy atom. The monoisotopic (exact) mass is 317 g/mol. The van der Waals surface area contributed by atoms with Gasteiger partial charge in [0.05, 0.1) is 5.25 Å². The van der Waals surface area contributed by atoms with E-state index in [-0.39, 0.29) is 24.1 Å². The van der Waals surface area contributed by atoms with Crippen LogP contribution in [0.3, 0.4) is 0 Å². The Balaban J connectivity index is 2.35. The quantitative estimate of drug-likeness (QED) is 0.667. The number of halogens is 1. The molecule has 0 aliphatic heterocycles. The second-order valence-electron chi connectivity index (χ2n) is 4.15. The number of carboxylic acids is 1. The molecule has 0 aliphatic carbocycles. The van der Waals surface area contributed by atoms with E-state index in [0.29, 0.717) is 5.02 Å². The Hall–Kier alpha value is -1.24. The van der Waals surface area contributed by atoms with E-state index >= 15 is 0 Å². The Morgan fingerprint density at radius 2 is 1.95 bits per heavy atom. The van der Waals surface area contributed by atoms with Crippen molar-refractivity contribution in [1.82, 2.24) is 5.32 Å². The third-order valence-electron chi connectivity index (χ3n) is 2.50. The van der Waals surface area contributed by atoms with Crippen molar-refractivity contribution >= 4 is 35.2 Å². The first-order valence-electron chi connectivity index (χ1n) is 6.01. The molecule has 1 rings (SSSR count). The van der Waals surface area contributed by atoms with Crippen molar-refractivity contribution in [2.45, 2.75) is 29.6 Å². The fourth-order valence-electron chi connectivity index (χ4n) is 1.37. The minimum absolute atomic E-state index is 0.0145. The number of aliphatic hydroxyl groups is 1. The zero-order valence-corrected chi connectivity index (χ0v) is 12.4. The minimum atomic E-state index is -1.45. The van der Waals surface area contributed by atoms with Crippen molar-refractivity contribution in [3.8, 4) is 0 Å². The summed E-state index contributed by atoms with van der Waals surface area (Å²) >= 11 is 7.15. The van der Waals surface area contributed by atoms with E-state index in [1.807, 2.05) is 12.1 Å². The second-order valence-corrected chi connectivity index (χ2v) is 6.00. The first kappa shape index (κ1) is 16.8. The Bertz CT molecular complexity index is 466. The number of amides is 1. The fourth-order valence-corrected chi connectivity index (χ4v) is 2.39. The molecule has 0 fully saturated rings. The van der Waals surface area contributed by atoms with Crippen LogP contribution in [0.1, 0.15) is 13.3 Å². The maximum absolute atomic E-state index is 11.8. The summed E-state index contributed by atoms with van der Waals surface area (Å²) in [7, 11) is 0. The summed E-state index contributed by atoms with van der Waals surface area (Å²) in [6.07, 6.45) is -1.46. The highest BCUT2D eigenvalue weighted by atomic mass is 35.5. The van der Waals surface area contributed by atoms with Gasteiger partial charge in [0.15, 0.2) is 6.10 Å². The van der Waals surface area contributed by atoms with Gasteiger partial charge in [-0.3, -0.25) is 4.79 Å². The van der Waals surface area contributed by atoms with Crippen LogP contribution >= 0.6 is 23.4 Å². The van der Waals surface area contributed by atoms with Gasteiger partial charge in [-0.15, -0.1) is 11.8 Å². The predicted molar refractivity (Wildman–Crippen MR) is 78.0 cm³/mol. The molecule has 0 saturated heterocycles. The van der Waals surface area contributed by atoms with Gasteiger partial charge < -0.3 is 15.5 Å². The van der Waals surface area contributed by atoms with Crippen LogP contribution in [0.25, 0.3) is 0 Å². The number of aliphatic carboxylic acids is 1. The minimum Gasteiger partial charge on any atom is -0.479 e. The standard InChI is InChI=1S/C13H16ClNO4S/c1-8(20-10-4-2-9(14)3-5-10)12(17)15-7-6-11(16)13(18)19/h2-5,8,11,16H,6-7H2,1H3,(H,15,17)(H,18,19). The van der Waals surface area contributed by atoms with Crippen molar-refractivity contribution in [2.75, 3.05) is 6.54 Å². The van der Waals surface area contributed by atoms with Crippen molar-refractivity contribution in [2.24, 2.45) is 0 Å². The number of aliphatic hydroxyl groups excluding tert-OH is 1. The van der Waals surface area contributed by atoms with Crippen LogP contribution in [0.5, 0.6) is 0 Å². The first-order valence-corrected chi connectivity index (χ1v) is 7.26. The summed E-state index contributed by atoms with van der Waals surface area (Å²) in [5.41, 5.74) is 0. The molecule has 0 spiro atoms. The van der Waals surface area contributed by atoms with Gasteiger partial charge in [-0.1, -0.05) is 11.6 Å². The second kappa shape index (κ2) is 8.14. The molecule has 20 heavy (non-hydrogen) atoms. The molecule has 3 N–H and O–H groups in total. The zero-order chi connectivity index (χ0) is 15.1. The van der Waals surface area contributed by atoms with Crippen LogP contribution in [-0.4, -0.2) is 40.0 Å². The lowest BCUT2D eigenvalue weighted by Crippen LogP contribution is -2.34. The highest BCUT2D eigenvalue weighted by molar-refractivity contribution is 8.00. The first-order chi connectivity index (χ1) is 9.40. The lowest BCUT2D eigenvalue weighted by Gasteiger charge is -2.12. The molecule has 0 saturated carbocycles. The third kappa shape index (κ3) is 5.81. The van der Waals surface area contributed by atoms with E-state index in [0.717, 1.165) is 4.90 Å². The number of carbonyl (C=O) groups is 2.